The Balaban J connectivity index is 1.67. The van der Waals surface area contributed by atoms with Crippen LogP contribution in [0, 0.1) is 0 Å². The van der Waals surface area contributed by atoms with Gasteiger partial charge in [-0.25, -0.2) is 0 Å². The van der Waals surface area contributed by atoms with E-state index in [0.717, 1.165) is 0 Å². The van der Waals surface area contributed by atoms with Gasteiger partial charge in [0.05, 0.1) is 12.8 Å². The SMILES string of the molecule is O=C(NCc1noc(-c2ccco2)n1)c1ccc[nH]c1=O. The van der Waals surface area contributed by atoms with Crippen LogP contribution in [0.5, 0.6) is 0 Å². The van der Waals surface area contributed by atoms with Gasteiger partial charge < -0.3 is 19.2 Å². The molecule has 8 heteroatoms. The van der Waals surface area contributed by atoms with Gasteiger partial charge in [0.25, 0.3) is 17.4 Å². The molecular formula is C13H10N4O4. The summed E-state index contributed by atoms with van der Waals surface area (Å²) in [6, 6.07) is 6.38. The van der Waals surface area contributed by atoms with Crippen LogP contribution in [-0.4, -0.2) is 21.0 Å². The van der Waals surface area contributed by atoms with Gasteiger partial charge in [-0.2, -0.15) is 4.98 Å². The predicted octanol–water partition coefficient (Wildman–Crippen LogP) is 0.948. The van der Waals surface area contributed by atoms with Crippen LogP contribution < -0.4 is 10.9 Å². The number of aromatic amines is 1. The lowest BCUT2D eigenvalue weighted by Gasteiger charge is -2.00. The molecule has 8 nitrogen and oxygen atoms in total. The Bertz CT molecular complexity index is 803. The first-order chi connectivity index (χ1) is 10.2. The normalized spacial score (nSPS) is 10.5. The van der Waals surface area contributed by atoms with Gasteiger partial charge in [-0.3, -0.25) is 9.59 Å². The topological polar surface area (TPSA) is 114 Å². The maximum Gasteiger partial charge on any atom is 0.293 e. The van der Waals surface area contributed by atoms with Crippen molar-refractivity contribution < 1.29 is 13.7 Å². The molecule has 3 rings (SSSR count). The Kier molecular flexibility index (Phi) is 3.34. The number of carbonyl (C=O) groups excluding carboxylic acids is 1. The third kappa shape index (κ3) is 2.73. The van der Waals surface area contributed by atoms with Gasteiger partial charge in [0.2, 0.25) is 0 Å². The van der Waals surface area contributed by atoms with Crippen molar-refractivity contribution in [1.29, 1.82) is 0 Å². The molecule has 0 radical (unpaired) electrons. The lowest BCUT2D eigenvalue weighted by atomic mass is 10.2. The second-order valence-corrected chi connectivity index (χ2v) is 4.09. The van der Waals surface area contributed by atoms with Crippen LogP contribution in [0.15, 0.2) is 50.5 Å². The molecule has 0 aliphatic heterocycles. The largest absolute Gasteiger partial charge is 0.459 e. The summed E-state index contributed by atoms with van der Waals surface area (Å²) < 4.78 is 10.1. The fourth-order valence-electron chi connectivity index (χ4n) is 1.68. The van der Waals surface area contributed by atoms with Crippen LogP contribution in [0.2, 0.25) is 0 Å². The highest BCUT2D eigenvalue weighted by Crippen LogP contribution is 2.16. The quantitative estimate of drug-likeness (QED) is 0.738. The molecule has 0 unspecified atom stereocenters. The first kappa shape index (κ1) is 12.9. The maximum absolute atomic E-state index is 11.8. The molecule has 0 fully saturated rings. The number of hydrogen-bond donors (Lipinski definition) is 2. The van der Waals surface area contributed by atoms with Gasteiger partial charge >= 0.3 is 0 Å². The molecule has 0 aromatic carbocycles. The van der Waals surface area contributed by atoms with Crippen LogP contribution in [0.4, 0.5) is 0 Å². The zero-order valence-electron chi connectivity index (χ0n) is 10.7. The van der Waals surface area contributed by atoms with Crippen LogP contribution >= 0.6 is 0 Å². The van der Waals surface area contributed by atoms with Crippen molar-refractivity contribution in [2.75, 3.05) is 0 Å². The lowest BCUT2D eigenvalue weighted by molar-refractivity contribution is 0.0948. The summed E-state index contributed by atoms with van der Waals surface area (Å²) in [7, 11) is 0. The van der Waals surface area contributed by atoms with E-state index in [1.807, 2.05) is 0 Å². The molecular weight excluding hydrogens is 276 g/mol. The number of amides is 1. The number of aromatic nitrogens is 3. The Hall–Kier alpha value is -3.16. The molecule has 0 atom stereocenters. The number of hydrogen-bond acceptors (Lipinski definition) is 6. The van der Waals surface area contributed by atoms with E-state index in [4.69, 9.17) is 8.94 Å². The molecule has 0 aliphatic rings. The number of pyridine rings is 1. The fourth-order valence-corrected chi connectivity index (χ4v) is 1.68. The third-order valence-corrected chi connectivity index (χ3v) is 2.67. The van der Waals surface area contributed by atoms with Crippen molar-refractivity contribution in [3.63, 3.8) is 0 Å². The number of furan rings is 1. The smallest absolute Gasteiger partial charge is 0.293 e. The van der Waals surface area contributed by atoms with E-state index in [1.165, 1.54) is 18.5 Å². The highest BCUT2D eigenvalue weighted by molar-refractivity contribution is 5.93. The number of nitrogens with zero attached hydrogens (tertiary/aromatic N) is 2. The summed E-state index contributed by atoms with van der Waals surface area (Å²) >= 11 is 0. The summed E-state index contributed by atoms with van der Waals surface area (Å²) in [5.41, 5.74) is -0.438. The number of carbonyl (C=O) groups is 1. The predicted molar refractivity (Wildman–Crippen MR) is 70.2 cm³/mol. The highest BCUT2D eigenvalue weighted by atomic mass is 16.5. The highest BCUT2D eigenvalue weighted by Gasteiger charge is 2.13. The monoisotopic (exact) mass is 286 g/mol. The molecule has 3 aromatic rings. The van der Waals surface area contributed by atoms with Crippen molar-refractivity contribution in [3.8, 4) is 11.7 Å². The van der Waals surface area contributed by atoms with E-state index in [2.05, 4.69) is 20.4 Å². The Morgan fingerprint density at radius 3 is 3.00 bits per heavy atom. The molecule has 2 N–H and O–H groups in total. The third-order valence-electron chi connectivity index (χ3n) is 2.67. The second kappa shape index (κ2) is 5.45. The van der Waals surface area contributed by atoms with Gasteiger partial charge in [-0.1, -0.05) is 5.16 Å². The number of nitrogens with one attached hydrogen (secondary N) is 2. The van der Waals surface area contributed by atoms with Gasteiger partial charge in [0.15, 0.2) is 11.6 Å². The molecule has 106 valence electrons. The second-order valence-electron chi connectivity index (χ2n) is 4.09. The summed E-state index contributed by atoms with van der Waals surface area (Å²) in [6.07, 6.45) is 2.94. The average Bonchev–Trinajstić information content (AvgIpc) is 3.16. The molecule has 0 saturated carbocycles. The van der Waals surface area contributed by atoms with E-state index < -0.39 is 11.5 Å². The average molecular weight is 286 g/mol. The van der Waals surface area contributed by atoms with E-state index >= 15 is 0 Å². The van der Waals surface area contributed by atoms with Crippen LogP contribution in [0.25, 0.3) is 11.7 Å². The minimum atomic E-state index is -0.513. The number of H-pyrrole nitrogens is 1. The van der Waals surface area contributed by atoms with Crippen molar-refractivity contribution in [2.24, 2.45) is 0 Å². The van der Waals surface area contributed by atoms with E-state index in [0.29, 0.717) is 5.76 Å². The van der Waals surface area contributed by atoms with Crippen molar-refractivity contribution in [1.82, 2.24) is 20.4 Å². The van der Waals surface area contributed by atoms with Crippen molar-refractivity contribution in [3.05, 3.63) is 58.5 Å². The summed E-state index contributed by atoms with van der Waals surface area (Å²) in [5.74, 6) is 0.435. The first-order valence-corrected chi connectivity index (χ1v) is 6.06. The molecule has 0 aliphatic carbocycles. The molecule has 3 heterocycles. The Morgan fingerprint density at radius 1 is 1.33 bits per heavy atom. The minimum Gasteiger partial charge on any atom is -0.459 e. The number of rotatable bonds is 4. The molecule has 0 spiro atoms. The van der Waals surface area contributed by atoms with E-state index in [-0.39, 0.29) is 23.8 Å². The minimum absolute atomic E-state index is 0.0206. The fraction of sp³-hybridized carbons (Fsp3) is 0.0769. The molecule has 1 amide bonds. The lowest BCUT2D eigenvalue weighted by Crippen LogP contribution is -2.29. The van der Waals surface area contributed by atoms with Gasteiger partial charge in [-0.05, 0) is 24.3 Å². The Morgan fingerprint density at radius 2 is 2.24 bits per heavy atom. The van der Waals surface area contributed by atoms with Gasteiger partial charge in [0.1, 0.15) is 5.56 Å². The first-order valence-electron chi connectivity index (χ1n) is 6.06. The summed E-state index contributed by atoms with van der Waals surface area (Å²) in [4.78, 5) is 29.8. The molecule has 0 saturated heterocycles. The summed E-state index contributed by atoms with van der Waals surface area (Å²) in [6.45, 7) is 0.0391. The van der Waals surface area contributed by atoms with Crippen LogP contribution in [0.3, 0.4) is 0 Å². The zero-order chi connectivity index (χ0) is 14.7. The van der Waals surface area contributed by atoms with E-state index in [9.17, 15) is 9.59 Å². The molecule has 3 aromatic heterocycles. The maximum atomic E-state index is 11.8. The summed E-state index contributed by atoms with van der Waals surface area (Å²) in [5, 5.41) is 6.25. The Labute approximate surface area is 117 Å². The van der Waals surface area contributed by atoms with Gasteiger partial charge in [0, 0.05) is 6.20 Å². The zero-order valence-corrected chi connectivity index (χ0v) is 10.7. The molecule has 21 heavy (non-hydrogen) atoms. The molecule has 0 bridgehead atoms. The van der Waals surface area contributed by atoms with Crippen LogP contribution in [0.1, 0.15) is 16.2 Å². The standard InChI is InChI=1S/C13H10N4O4/c18-11-8(3-1-5-14-11)12(19)15-7-10-16-13(21-17-10)9-4-2-6-20-9/h1-6H,7H2,(H,14,18)(H,15,19). The van der Waals surface area contributed by atoms with Crippen molar-refractivity contribution in [2.45, 2.75) is 6.54 Å². The van der Waals surface area contributed by atoms with Crippen molar-refractivity contribution >= 4 is 5.91 Å². The van der Waals surface area contributed by atoms with E-state index in [1.54, 1.807) is 18.2 Å². The van der Waals surface area contributed by atoms with Gasteiger partial charge in [-0.15, -0.1) is 0 Å². The van der Waals surface area contributed by atoms with Crippen LogP contribution in [-0.2, 0) is 6.54 Å².